The molecule has 5 N–H and O–H groups in total. The summed E-state index contributed by atoms with van der Waals surface area (Å²) in [5.41, 5.74) is -0.194. The van der Waals surface area contributed by atoms with E-state index >= 15 is 0 Å². The van der Waals surface area contributed by atoms with Gasteiger partial charge in [-0.15, -0.1) is 0 Å². The summed E-state index contributed by atoms with van der Waals surface area (Å²) < 4.78 is 47.7. The van der Waals surface area contributed by atoms with Gasteiger partial charge < -0.3 is 21.3 Å². The van der Waals surface area contributed by atoms with Crippen LogP contribution < -0.4 is 21.3 Å². The van der Waals surface area contributed by atoms with Gasteiger partial charge in [-0.1, -0.05) is 41.9 Å². The van der Waals surface area contributed by atoms with Crippen LogP contribution in [0.5, 0.6) is 0 Å². The first-order chi connectivity index (χ1) is 18.6. The zero-order valence-electron chi connectivity index (χ0n) is 20.1. The molecule has 200 valence electrons. The molecule has 0 fully saturated rings. The Kier molecular flexibility index (Phi) is 8.45. The van der Waals surface area contributed by atoms with E-state index in [4.69, 9.17) is 11.6 Å². The predicted octanol–water partition coefficient (Wildman–Crippen LogP) is 5.68. The average molecular weight is 569 g/mol. The minimum Gasteiger partial charge on any atom is -0.351 e. The second kappa shape index (κ2) is 11.9. The highest BCUT2D eigenvalue weighted by Crippen LogP contribution is 2.27. The standard InChI is InChI=1S/C27H22ClFN4O5S/c28-22-16-20(14-15-24(22)33-25(34)17-6-2-1-3-7-17)32-27(39(36,37)38)31-19-12-10-18(11-13-19)30-26(35)21-8-4-5-9-23(21)29/h1-16,27,31-32H,(H,30,35)(H,33,34)(H,36,37,38). The first kappa shape index (κ1) is 27.6. The number of anilines is 4. The lowest BCUT2D eigenvalue weighted by Crippen LogP contribution is -2.36. The van der Waals surface area contributed by atoms with E-state index in [2.05, 4.69) is 21.3 Å². The molecule has 2 amide bonds. The summed E-state index contributed by atoms with van der Waals surface area (Å²) in [5.74, 6) is -1.68. The minimum absolute atomic E-state index is 0.125. The van der Waals surface area contributed by atoms with Gasteiger partial charge in [0.05, 0.1) is 16.3 Å². The number of carbonyl (C=O) groups excluding carboxylic acids is 2. The van der Waals surface area contributed by atoms with E-state index in [9.17, 15) is 27.0 Å². The fourth-order valence-electron chi connectivity index (χ4n) is 3.47. The number of amides is 2. The molecule has 0 aliphatic carbocycles. The Hall–Kier alpha value is -4.45. The Labute approximate surface area is 228 Å². The summed E-state index contributed by atoms with van der Waals surface area (Å²) in [4.78, 5) is 24.7. The molecule has 0 aliphatic rings. The van der Waals surface area contributed by atoms with E-state index in [1.807, 2.05) is 0 Å². The number of hydrogen-bond acceptors (Lipinski definition) is 6. The Morgan fingerprint density at radius 3 is 1.97 bits per heavy atom. The lowest BCUT2D eigenvalue weighted by Gasteiger charge is -2.20. The Balaban J connectivity index is 1.42. The van der Waals surface area contributed by atoms with Crippen molar-refractivity contribution in [1.29, 1.82) is 0 Å². The van der Waals surface area contributed by atoms with Gasteiger partial charge >= 0.3 is 10.1 Å². The summed E-state index contributed by atoms with van der Waals surface area (Å²) in [7, 11) is -4.66. The number of benzene rings is 4. The molecule has 4 aromatic rings. The van der Waals surface area contributed by atoms with Gasteiger partial charge in [-0.25, -0.2) is 4.39 Å². The second-order valence-corrected chi connectivity index (χ2v) is 10.1. The molecule has 0 bridgehead atoms. The molecule has 0 heterocycles. The van der Waals surface area contributed by atoms with E-state index < -0.39 is 27.3 Å². The molecule has 12 heteroatoms. The molecule has 0 aliphatic heterocycles. The second-order valence-electron chi connectivity index (χ2n) is 8.21. The lowest BCUT2D eigenvalue weighted by molar-refractivity contribution is 0.101. The summed E-state index contributed by atoms with van der Waals surface area (Å²) >= 11 is 6.29. The van der Waals surface area contributed by atoms with E-state index in [-0.39, 0.29) is 27.9 Å². The molecule has 0 spiro atoms. The van der Waals surface area contributed by atoms with Gasteiger partial charge in [0.2, 0.25) is 5.50 Å². The maximum Gasteiger partial charge on any atom is 0.305 e. The monoisotopic (exact) mass is 568 g/mol. The maximum atomic E-state index is 13.8. The third kappa shape index (κ3) is 7.32. The van der Waals surface area contributed by atoms with Crippen LogP contribution in [0.1, 0.15) is 20.7 Å². The first-order valence-corrected chi connectivity index (χ1v) is 13.3. The average Bonchev–Trinajstić information content (AvgIpc) is 2.91. The largest absolute Gasteiger partial charge is 0.351 e. The van der Waals surface area contributed by atoms with E-state index in [1.54, 1.807) is 30.3 Å². The zero-order valence-corrected chi connectivity index (χ0v) is 21.6. The first-order valence-electron chi connectivity index (χ1n) is 11.4. The van der Waals surface area contributed by atoms with E-state index in [1.165, 1.54) is 66.7 Å². The quantitative estimate of drug-likeness (QED) is 0.129. The van der Waals surface area contributed by atoms with Crippen molar-refractivity contribution in [3.8, 4) is 0 Å². The normalized spacial score (nSPS) is 11.8. The number of rotatable bonds is 9. The van der Waals surface area contributed by atoms with Crippen LogP contribution in [0.3, 0.4) is 0 Å². The maximum absolute atomic E-state index is 13.8. The number of hydrogen-bond donors (Lipinski definition) is 5. The fourth-order valence-corrected chi connectivity index (χ4v) is 4.27. The summed E-state index contributed by atoms with van der Waals surface area (Å²) in [6.45, 7) is 0. The van der Waals surface area contributed by atoms with Gasteiger partial charge in [-0.3, -0.25) is 14.1 Å². The topological polar surface area (TPSA) is 137 Å². The van der Waals surface area contributed by atoms with Crippen LogP contribution in [0.4, 0.5) is 27.1 Å². The molecule has 9 nitrogen and oxygen atoms in total. The Morgan fingerprint density at radius 2 is 1.33 bits per heavy atom. The van der Waals surface area contributed by atoms with Gasteiger partial charge in [0.15, 0.2) is 0 Å². The van der Waals surface area contributed by atoms with Crippen molar-refractivity contribution < 1.29 is 27.0 Å². The summed E-state index contributed by atoms with van der Waals surface area (Å²) in [6, 6.07) is 24.3. The molecular formula is C27H22ClFN4O5S. The van der Waals surface area contributed by atoms with Gasteiger partial charge in [-0.05, 0) is 66.7 Å². The number of nitrogens with one attached hydrogen (secondary N) is 4. The lowest BCUT2D eigenvalue weighted by atomic mass is 10.2. The molecule has 0 radical (unpaired) electrons. The molecule has 0 saturated carbocycles. The van der Waals surface area contributed by atoms with Gasteiger partial charge in [0.25, 0.3) is 11.8 Å². The van der Waals surface area contributed by atoms with Gasteiger partial charge in [0.1, 0.15) is 5.82 Å². The van der Waals surface area contributed by atoms with Crippen LogP contribution in [0.25, 0.3) is 0 Å². The molecule has 4 rings (SSSR count). The number of halogens is 2. The predicted molar refractivity (Wildman–Crippen MR) is 149 cm³/mol. The fraction of sp³-hybridized carbons (Fsp3) is 0.0370. The zero-order chi connectivity index (χ0) is 28.0. The highest BCUT2D eigenvalue weighted by molar-refractivity contribution is 7.86. The molecule has 0 aromatic heterocycles. The van der Waals surface area contributed by atoms with Crippen molar-refractivity contribution in [2.45, 2.75) is 5.50 Å². The van der Waals surface area contributed by atoms with Gasteiger partial charge in [-0.2, -0.15) is 8.42 Å². The molecule has 1 atom stereocenters. The summed E-state index contributed by atoms with van der Waals surface area (Å²) in [6.07, 6.45) is 0. The van der Waals surface area contributed by atoms with Crippen LogP contribution in [-0.2, 0) is 10.1 Å². The Morgan fingerprint density at radius 1 is 0.744 bits per heavy atom. The van der Waals surface area contributed by atoms with Crippen LogP contribution >= 0.6 is 11.6 Å². The SMILES string of the molecule is O=C(Nc1ccc(NC(Nc2ccc(NC(=O)c3ccccc3F)cc2)S(=O)(=O)O)cc1Cl)c1ccccc1. The van der Waals surface area contributed by atoms with Crippen LogP contribution in [0.15, 0.2) is 97.1 Å². The van der Waals surface area contributed by atoms with Crippen molar-refractivity contribution in [3.63, 3.8) is 0 Å². The minimum atomic E-state index is -4.66. The smallest absolute Gasteiger partial charge is 0.305 e. The highest BCUT2D eigenvalue weighted by atomic mass is 35.5. The molecule has 0 saturated heterocycles. The third-order valence-corrected chi connectivity index (χ3v) is 6.55. The van der Waals surface area contributed by atoms with Crippen LogP contribution in [0.2, 0.25) is 5.02 Å². The van der Waals surface area contributed by atoms with Crippen molar-refractivity contribution in [3.05, 3.63) is 119 Å². The molecule has 4 aromatic carbocycles. The third-order valence-electron chi connectivity index (χ3n) is 5.41. The highest BCUT2D eigenvalue weighted by Gasteiger charge is 2.23. The van der Waals surface area contributed by atoms with Crippen LogP contribution in [0, 0.1) is 5.82 Å². The molecule has 1 unspecified atom stereocenters. The summed E-state index contributed by atoms with van der Waals surface area (Å²) in [5, 5.41) is 10.6. The van der Waals surface area contributed by atoms with E-state index in [0.717, 1.165) is 0 Å². The molecule has 39 heavy (non-hydrogen) atoms. The molecular weight excluding hydrogens is 547 g/mol. The Bertz CT molecular complexity index is 1600. The van der Waals surface area contributed by atoms with Crippen molar-refractivity contribution in [2.75, 3.05) is 21.3 Å². The van der Waals surface area contributed by atoms with Crippen molar-refractivity contribution >= 4 is 56.3 Å². The van der Waals surface area contributed by atoms with Crippen molar-refractivity contribution in [1.82, 2.24) is 0 Å². The van der Waals surface area contributed by atoms with Crippen molar-refractivity contribution in [2.24, 2.45) is 0 Å². The van der Waals surface area contributed by atoms with Gasteiger partial charge in [0, 0.05) is 22.6 Å². The van der Waals surface area contributed by atoms with E-state index in [0.29, 0.717) is 16.9 Å². The number of carbonyl (C=O) groups is 2. The van der Waals surface area contributed by atoms with Crippen LogP contribution in [-0.4, -0.2) is 30.3 Å².